The molecule has 1 amide bonds. The van der Waals surface area contributed by atoms with Gasteiger partial charge in [-0.15, -0.1) is 0 Å². The largest absolute Gasteiger partial charge is 0.487 e. The number of aromatic nitrogens is 3. The van der Waals surface area contributed by atoms with Crippen molar-refractivity contribution in [2.45, 2.75) is 44.9 Å². The SMILES string of the molecule is Cc1nsc(Nc2cnc(C(C)(F)F)cn2)c1C(=O)Nc1ccc(OC2CCN(CC(F)(F)F)CC2)c(F)c1. The molecule has 1 saturated heterocycles. The van der Waals surface area contributed by atoms with E-state index < -0.39 is 42.2 Å². The summed E-state index contributed by atoms with van der Waals surface area (Å²) in [5.74, 6) is -4.44. The van der Waals surface area contributed by atoms with Crippen LogP contribution in [0.1, 0.15) is 41.5 Å². The number of amides is 1. The number of hydrogen-bond donors (Lipinski definition) is 2. The molecule has 210 valence electrons. The summed E-state index contributed by atoms with van der Waals surface area (Å²) in [5, 5.41) is 5.71. The Labute approximate surface area is 223 Å². The molecule has 0 saturated carbocycles. The van der Waals surface area contributed by atoms with Crippen LogP contribution in [-0.2, 0) is 5.92 Å². The molecule has 0 unspecified atom stereocenters. The Bertz CT molecular complexity index is 1300. The second kappa shape index (κ2) is 11.3. The number of carbonyl (C=O) groups excluding carboxylic acids is 1. The molecule has 8 nitrogen and oxygen atoms in total. The number of aryl methyl sites for hydroxylation is 1. The molecule has 1 aromatic carbocycles. The fourth-order valence-corrected chi connectivity index (χ4v) is 4.75. The maximum absolute atomic E-state index is 14.7. The third-order valence-corrected chi connectivity index (χ3v) is 6.71. The Balaban J connectivity index is 1.37. The third kappa shape index (κ3) is 7.56. The van der Waals surface area contributed by atoms with Gasteiger partial charge in [-0.25, -0.2) is 14.4 Å². The van der Waals surface area contributed by atoms with E-state index in [0.29, 0.717) is 25.5 Å². The Morgan fingerprint density at radius 3 is 2.46 bits per heavy atom. The first-order valence-electron chi connectivity index (χ1n) is 11.8. The average molecular weight is 575 g/mol. The molecule has 0 aliphatic carbocycles. The molecule has 39 heavy (non-hydrogen) atoms. The van der Waals surface area contributed by atoms with Crippen molar-refractivity contribution in [1.82, 2.24) is 19.2 Å². The van der Waals surface area contributed by atoms with Gasteiger partial charge in [0.2, 0.25) is 0 Å². The molecule has 1 fully saturated rings. The fraction of sp³-hybridized carbons (Fsp3) is 0.417. The molecule has 4 rings (SSSR count). The highest BCUT2D eigenvalue weighted by atomic mass is 32.1. The summed E-state index contributed by atoms with van der Waals surface area (Å²) in [6.45, 7) is 1.68. The Morgan fingerprint density at radius 1 is 1.15 bits per heavy atom. The van der Waals surface area contributed by atoms with Crippen molar-refractivity contribution >= 4 is 33.9 Å². The summed E-state index contributed by atoms with van der Waals surface area (Å²) in [6, 6.07) is 3.85. The summed E-state index contributed by atoms with van der Waals surface area (Å²) >= 11 is 0.950. The average Bonchev–Trinajstić information content (AvgIpc) is 3.20. The lowest BCUT2D eigenvalue weighted by Gasteiger charge is -2.32. The second-order valence-corrected chi connectivity index (χ2v) is 9.85. The Morgan fingerprint density at radius 2 is 1.87 bits per heavy atom. The van der Waals surface area contributed by atoms with Gasteiger partial charge in [-0.2, -0.15) is 26.3 Å². The van der Waals surface area contributed by atoms with Crippen LogP contribution in [-0.4, -0.2) is 57.1 Å². The smallest absolute Gasteiger partial charge is 0.401 e. The minimum Gasteiger partial charge on any atom is -0.487 e. The molecule has 15 heteroatoms. The molecule has 2 N–H and O–H groups in total. The van der Waals surface area contributed by atoms with Crippen molar-refractivity contribution in [1.29, 1.82) is 0 Å². The Hall–Kier alpha value is -3.46. The van der Waals surface area contributed by atoms with Gasteiger partial charge < -0.3 is 15.4 Å². The van der Waals surface area contributed by atoms with E-state index in [1.54, 1.807) is 6.92 Å². The molecule has 2 aromatic heterocycles. The number of rotatable bonds is 8. The highest BCUT2D eigenvalue weighted by Gasteiger charge is 2.33. The van der Waals surface area contributed by atoms with Gasteiger partial charge in [-0.05, 0) is 43.4 Å². The van der Waals surface area contributed by atoms with E-state index in [9.17, 15) is 31.1 Å². The van der Waals surface area contributed by atoms with Gasteiger partial charge in [-0.3, -0.25) is 9.69 Å². The third-order valence-electron chi connectivity index (χ3n) is 5.85. The van der Waals surface area contributed by atoms with Gasteiger partial charge in [0.05, 0.1) is 30.2 Å². The van der Waals surface area contributed by atoms with E-state index in [1.165, 1.54) is 17.0 Å². The van der Waals surface area contributed by atoms with Gasteiger partial charge in [0.25, 0.3) is 11.8 Å². The van der Waals surface area contributed by atoms with Crippen molar-refractivity contribution in [3.05, 3.63) is 53.4 Å². The van der Waals surface area contributed by atoms with Crippen molar-refractivity contribution in [3.8, 4) is 5.75 Å². The number of piperidine rings is 1. The first-order valence-corrected chi connectivity index (χ1v) is 12.6. The topological polar surface area (TPSA) is 92.3 Å². The van der Waals surface area contributed by atoms with Crippen LogP contribution < -0.4 is 15.4 Å². The zero-order valence-corrected chi connectivity index (χ0v) is 21.6. The maximum atomic E-state index is 14.7. The quantitative estimate of drug-likeness (QED) is 0.324. The van der Waals surface area contributed by atoms with Crippen LogP contribution >= 0.6 is 11.5 Å². The van der Waals surface area contributed by atoms with Gasteiger partial charge in [0.15, 0.2) is 11.6 Å². The number of likely N-dealkylation sites (tertiary alicyclic amines) is 1. The van der Waals surface area contributed by atoms with Crippen LogP contribution in [0.4, 0.5) is 42.8 Å². The zero-order chi connectivity index (χ0) is 28.4. The lowest BCUT2D eigenvalue weighted by Crippen LogP contribution is -2.42. The summed E-state index contributed by atoms with van der Waals surface area (Å²) < 4.78 is 89.0. The van der Waals surface area contributed by atoms with Crippen LogP contribution in [0.15, 0.2) is 30.6 Å². The van der Waals surface area contributed by atoms with Gasteiger partial charge in [-0.1, -0.05) is 0 Å². The Kier molecular flexibility index (Phi) is 8.30. The first kappa shape index (κ1) is 28.5. The molecule has 3 heterocycles. The van der Waals surface area contributed by atoms with Crippen LogP contribution in [0.2, 0.25) is 0 Å². The standard InChI is InChI=1S/C24H24F6N6O2S/c1-13-20(22(39-35-13)34-19-11-31-18(10-32-19)23(2,26)27)21(37)33-14-3-4-17(16(25)9-14)38-15-5-7-36(8-6-15)12-24(28,29)30/h3-4,9-11,15H,5-8,12H2,1-2H3,(H,32,34)(H,33,37). The van der Waals surface area contributed by atoms with Crippen LogP contribution in [0.5, 0.6) is 5.75 Å². The molecule has 3 aromatic rings. The molecular formula is C24H24F6N6O2S. The van der Waals surface area contributed by atoms with Gasteiger partial charge >= 0.3 is 6.18 Å². The predicted octanol–water partition coefficient (Wildman–Crippen LogP) is 5.89. The van der Waals surface area contributed by atoms with E-state index in [4.69, 9.17) is 4.74 Å². The summed E-state index contributed by atoms with van der Waals surface area (Å²) in [5.41, 5.74) is 0.156. The van der Waals surface area contributed by atoms with E-state index in [1.807, 2.05) is 0 Å². The van der Waals surface area contributed by atoms with Crippen molar-refractivity contribution in [2.75, 3.05) is 30.3 Å². The number of anilines is 3. The summed E-state index contributed by atoms with van der Waals surface area (Å²) in [6.07, 6.45) is -2.03. The maximum Gasteiger partial charge on any atom is 0.401 e. The normalized spacial score (nSPS) is 15.3. The number of carbonyl (C=O) groups is 1. The number of hydrogen-bond acceptors (Lipinski definition) is 8. The van der Waals surface area contributed by atoms with Crippen LogP contribution in [0.3, 0.4) is 0 Å². The molecule has 0 bridgehead atoms. The predicted molar refractivity (Wildman–Crippen MR) is 132 cm³/mol. The molecule has 0 radical (unpaired) electrons. The van der Waals surface area contributed by atoms with Gasteiger partial charge in [0, 0.05) is 31.8 Å². The zero-order valence-electron chi connectivity index (χ0n) is 20.8. The van der Waals surface area contributed by atoms with Crippen LogP contribution in [0, 0.1) is 12.7 Å². The van der Waals surface area contributed by atoms with E-state index in [-0.39, 0.29) is 40.9 Å². The second-order valence-electron chi connectivity index (χ2n) is 9.08. The number of nitrogens with one attached hydrogen (secondary N) is 2. The van der Waals surface area contributed by atoms with Crippen LogP contribution in [0.25, 0.3) is 0 Å². The number of alkyl halides is 5. The van der Waals surface area contributed by atoms with Crippen molar-refractivity contribution < 1.29 is 35.9 Å². The molecule has 0 spiro atoms. The monoisotopic (exact) mass is 574 g/mol. The number of halogens is 6. The van der Waals surface area contributed by atoms with E-state index >= 15 is 0 Å². The highest BCUT2D eigenvalue weighted by Crippen LogP contribution is 2.31. The number of benzene rings is 1. The summed E-state index contributed by atoms with van der Waals surface area (Å²) in [7, 11) is 0. The lowest BCUT2D eigenvalue weighted by molar-refractivity contribution is -0.149. The molecule has 0 atom stereocenters. The minimum absolute atomic E-state index is 0.0716. The summed E-state index contributed by atoms with van der Waals surface area (Å²) in [4.78, 5) is 21.8. The fourth-order valence-electron chi connectivity index (χ4n) is 3.94. The van der Waals surface area contributed by atoms with E-state index in [0.717, 1.165) is 30.0 Å². The molecule has 1 aliphatic heterocycles. The number of nitrogens with zero attached hydrogens (tertiary/aromatic N) is 4. The lowest BCUT2D eigenvalue weighted by atomic mass is 10.1. The van der Waals surface area contributed by atoms with Gasteiger partial charge in [0.1, 0.15) is 22.6 Å². The van der Waals surface area contributed by atoms with Crippen molar-refractivity contribution in [2.24, 2.45) is 0 Å². The minimum atomic E-state index is -4.27. The molecular weight excluding hydrogens is 550 g/mol. The van der Waals surface area contributed by atoms with Crippen molar-refractivity contribution in [3.63, 3.8) is 0 Å². The molecule has 1 aliphatic rings. The highest BCUT2D eigenvalue weighted by molar-refractivity contribution is 7.10. The van der Waals surface area contributed by atoms with E-state index in [2.05, 4.69) is 25.0 Å². The number of ether oxygens (including phenoxy) is 1. The first-order chi connectivity index (χ1) is 18.3.